The molecule has 0 radical (unpaired) electrons. The Kier molecular flexibility index (Phi) is 4.66. The largest absolute Gasteiger partial charge is 0.497 e. The van der Waals surface area contributed by atoms with Crippen LogP contribution in [0.15, 0.2) is 24.3 Å². The van der Waals surface area contributed by atoms with Crippen LogP contribution in [0.5, 0.6) is 11.5 Å². The number of hydrogen-bond donors (Lipinski definition) is 0. The molecule has 0 aromatic heterocycles. The smallest absolute Gasteiger partial charge is 0.263 e. The van der Waals surface area contributed by atoms with E-state index >= 15 is 0 Å². The van der Waals surface area contributed by atoms with Crippen LogP contribution in [0.1, 0.15) is 26.2 Å². The van der Waals surface area contributed by atoms with Crippen molar-refractivity contribution in [1.29, 1.82) is 0 Å². The molecule has 1 aromatic carbocycles. The van der Waals surface area contributed by atoms with Crippen molar-refractivity contribution in [3.63, 3.8) is 0 Å². The number of likely N-dealkylation sites (tertiary alicyclic amines) is 1. The Morgan fingerprint density at radius 2 is 1.79 bits per heavy atom. The first-order valence-corrected chi connectivity index (χ1v) is 6.84. The molecule has 1 atom stereocenters. The zero-order valence-electron chi connectivity index (χ0n) is 11.6. The summed E-state index contributed by atoms with van der Waals surface area (Å²) in [5, 5.41) is 0. The summed E-state index contributed by atoms with van der Waals surface area (Å²) in [7, 11) is 1.63. The molecule has 19 heavy (non-hydrogen) atoms. The first-order chi connectivity index (χ1) is 9.24. The molecule has 1 saturated heterocycles. The Morgan fingerprint density at radius 3 is 2.32 bits per heavy atom. The number of methoxy groups -OCH3 is 1. The van der Waals surface area contributed by atoms with E-state index in [4.69, 9.17) is 9.47 Å². The van der Waals surface area contributed by atoms with Gasteiger partial charge in [-0.2, -0.15) is 0 Å². The van der Waals surface area contributed by atoms with Gasteiger partial charge >= 0.3 is 0 Å². The average molecular weight is 263 g/mol. The summed E-state index contributed by atoms with van der Waals surface area (Å²) < 4.78 is 10.9. The van der Waals surface area contributed by atoms with E-state index in [-0.39, 0.29) is 12.0 Å². The Morgan fingerprint density at radius 1 is 1.21 bits per heavy atom. The summed E-state index contributed by atoms with van der Waals surface area (Å²) >= 11 is 0. The maximum absolute atomic E-state index is 12.3. The predicted octanol–water partition coefficient (Wildman–Crippen LogP) is 2.48. The van der Waals surface area contributed by atoms with Crippen molar-refractivity contribution in [3.8, 4) is 11.5 Å². The van der Waals surface area contributed by atoms with Gasteiger partial charge in [-0.05, 0) is 43.5 Å². The number of ether oxygens (including phenoxy) is 2. The van der Waals surface area contributed by atoms with E-state index in [1.807, 2.05) is 36.1 Å². The lowest BCUT2D eigenvalue weighted by molar-refractivity contribution is -0.137. The summed E-state index contributed by atoms with van der Waals surface area (Å²) in [6.07, 6.45) is 2.50. The summed E-state index contributed by atoms with van der Waals surface area (Å²) in [5.41, 5.74) is 0. The number of nitrogens with zero attached hydrogens (tertiary/aromatic N) is 1. The molecule has 0 aliphatic carbocycles. The van der Waals surface area contributed by atoms with E-state index in [1.165, 1.54) is 0 Å². The monoisotopic (exact) mass is 263 g/mol. The first-order valence-electron chi connectivity index (χ1n) is 6.84. The van der Waals surface area contributed by atoms with E-state index in [9.17, 15) is 4.79 Å². The van der Waals surface area contributed by atoms with Gasteiger partial charge in [0.25, 0.3) is 5.91 Å². The van der Waals surface area contributed by atoms with Gasteiger partial charge < -0.3 is 14.4 Å². The second-order valence-electron chi connectivity index (χ2n) is 4.72. The molecule has 1 aliphatic heterocycles. The van der Waals surface area contributed by atoms with Gasteiger partial charge in [0.05, 0.1) is 7.11 Å². The van der Waals surface area contributed by atoms with E-state index in [0.717, 1.165) is 31.7 Å². The van der Waals surface area contributed by atoms with Crippen LogP contribution in [-0.4, -0.2) is 37.1 Å². The molecule has 0 spiro atoms. The Bertz CT molecular complexity index is 410. The molecule has 1 fully saturated rings. The SMILES string of the molecule is CC[C@@H](Oc1ccc(OC)cc1)C(=O)N1CCCC1. The number of benzene rings is 1. The van der Waals surface area contributed by atoms with Gasteiger partial charge in [-0.3, -0.25) is 4.79 Å². The summed E-state index contributed by atoms with van der Waals surface area (Å²) in [5.74, 6) is 1.60. The third-order valence-electron chi connectivity index (χ3n) is 3.40. The van der Waals surface area contributed by atoms with Gasteiger partial charge in [-0.1, -0.05) is 6.92 Å². The molecule has 0 saturated carbocycles. The Balaban J connectivity index is 1.99. The molecule has 1 aromatic rings. The van der Waals surface area contributed by atoms with Gasteiger partial charge in [0.2, 0.25) is 0 Å². The maximum atomic E-state index is 12.3. The molecule has 1 aliphatic rings. The van der Waals surface area contributed by atoms with E-state index < -0.39 is 0 Å². The molecule has 104 valence electrons. The van der Waals surface area contributed by atoms with E-state index in [1.54, 1.807) is 7.11 Å². The van der Waals surface area contributed by atoms with Crippen LogP contribution in [-0.2, 0) is 4.79 Å². The maximum Gasteiger partial charge on any atom is 0.263 e. The number of carbonyl (C=O) groups excluding carboxylic acids is 1. The lowest BCUT2D eigenvalue weighted by Gasteiger charge is -2.23. The summed E-state index contributed by atoms with van der Waals surface area (Å²) in [6, 6.07) is 7.34. The first kappa shape index (κ1) is 13.7. The normalized spacial score (nSPS) is 16.2. The zero-order valence-corrected chi connectivity index (χ0v) is 11.6. The third-order valence-corrected chi connectivity index (χ3v) is 3.40. The average Bonchev–Trinajstić information content (AvgIpc) is 2.99. The van der Waals surface area contributed by atoms with Crippen LogP contribution in [0.2, 0.25) is 0 Å². The van der Waals surface area contributed by atoms with Crippen molar-refractivity contribution < 1.29 is 14.3 Å². The minimum absolute atomic E-state index is 0.107. The zero-order chi connectivity index (χ0) is 13.7. The highest BCUT2D eigenvalue weighted by Gasteiger charge is 2.26. The Hall–Kier alpha value is -1.71. The van der Waals surface area contributed by atoms with Crippen molar-refractivity contribution in [2.45, 2.75) is 32.3 Å². The van der Waals surface area contributed by atoms with Crippen molar-refractivity contribution in [2.24, 2.45) is 0 Å². The van der Waals surface area contributed by atoms with Crippen LogP contribution in [0.3, 0.4) is 0 Å². The van der Waals surface area contributed by atoms with Gasteiger partial charge in [-0.25, -0.2) is 0 Å². The summed E-state index contributed by atoms with van der Waals surface area (Å²) in [4.78, 5) is 14.2. The van der Waals surface area contributed by atoms with Crippen LogP contribution in [0.4, 0.5) is 0 Å². The fraction of sp³-hybridized carbons (Fsp3) is 0.533. The highest BCUT2D eigenvalue weighted by Crippen LogP contribution is 2.20. The van der Waals surface area contributed by atoms with Crippen LogP contribution in [0.25, 0.3) is 0 Å². The van der Waals surface area contributed by atoms with E-state index in [2.05, 4.69) is 0 Å². The Labute approximate surface area is 114 Å². The molecule has 0 N–H and O–H groups in total. The predicted molar refractivity (Wildman–Crippen MR) is 73.5 cm³/mol. The number of rotatable bonds is 5. The van der Waals surface area contributed by atoms with Crippen molar-refractivity contribution >= 4 is 5.91 Å². The van der Waals surface area contributed by atoms with Crippen molar-refractivity contribution in [3.05, 3.63) is 24.3 Å². The molecule has 0 unspecified atom stereocenters. The van der Waals surface area contributed by atoms with Crippen LogP contribution >= 0.6 is 0 Å². The molecule has 1 amide bonds. The topological polar surface area (TPSA) is 38.8 Å². The number of carbonyl (C=O) groups is 1. The number of amides is 1. The molecule has 0 bridgehead atoms. The third kappa shape index (κ3) is 3.40. The van der Waals surface area contributed by atoms with Gasteiger partial charge in [0.15, 0.2) is 6.10 Å². The van der Waals surface area contributed by atoms with Gasteiger partial charge in [0, 0.05) is 13.1 Å². The van der Waals surface area contributed by atoms with Crippen LogP contribution < -0.4 is 9.47 Å². The van der Waals surface area contributed by atoms with Crippen LogP contribution in [0, 0.1) is 0 Å². The number of hydrogen-bond acceptors (Lipinski definition) is 3. The van der Waals surface area contributed by atoms with Gasteiger partial charge in [0.1, 0.15) is 11.5 Å². The van der Waals surface area contributed by atoms with Crippen molar-refractivity contribution in [1.82, 2.24) is 4.90 Å². The van der Waals surface area contributed by atoms with Gasteiger partial charge in [-0.15, -0.1) is 0 Å². The molecular formula is C15H21NO3. The second kappa shape index (κ2) is 6.45. The summed E-state index contributed by atoms with van der Waals surface area (Å²) in [6.45, 7) is 3.70. The highest BCUT2D eigenvalue weighted by atomic mass is 16.5. The highest BCUT2D eigenvalue weighted by molar-refractivity contribution is 5.81. The van der Waals surface area contributed by atoms with E-state index in [0.29, 0.717) is 12.2 Å². The quantitative estimate of drug-likeness (QED) is 0.819. The second-order valence-corrected chi connectivity index (χ2v) is 4.72. The standard InChI is InChI=1S/C15H21NO3/c1-3-14(15(17)16-10-4-5-11-16)19-13-8-6-12(18-2)7-9-13/h6-9,14H,3-5,10-11H2,1-2H3/t14-/m1/s1. The minimum Gasteiger partial charge on any atom is -0.497 e. The molecule has 2 rings (SSSR count). The fourth-order valence-electron chi connectivity index (χ4n) is 2.27. The van der Waals surface area contributed by atoms with Crippen molar-refractivity contribution in [2.75, 3.05) is 20.2 Å². The molecule has 4 nitrogen and oxygen atoms in total. The lowest BCUT2D eigenvalue weighted by atomic mass is 10.2. The lowest BCUT2D eigenvalue weighted by Crippen LogP contribution is -2.40. The minimum atomic E-state index is -0.383. The fourth-order valence-corrected chi connectivity index (χ4v) is 2.27. The molecular weight excluding hydrogens is 242 g/mol. The molecule has 4 heteroatoms. The molecule has 1 heterocycles.